The molecule has 5 aromatic rings. The maximum absolute atomic E-state index is 14.0. The maximum Gasteiger partial charge on any atom is 0.348 e. The summed E-state index contributed by atoms with van der Waals surface area (Å²) in [5, 5.41) is 11.5. The molecular formula is C30H29N3O5S. The van der Waals surface area contributed by atoms with Crippen LogP contribution in [0.25, 0.3) is 33.2 Å². The number of aryl methyl sites for hydroxylation is 2. The van der Waals surface area contributed by atoms with Crippen molar-refractivity contribution >= 4 is 37.9 Å². The lowest BCUT2D eigenvalue weighted by atomic mass is 9.68. The molecule has 0 aliphatic heterocycles. The van der Waals surface area contributed by atoms with Gasteiger partial charge >= 0.3 is 5.97 Å². The molecule has 2 atom stereocenters. The first-order valence-electron chi connectivity index (χ1n) is 13.0. The number of carboxylic acids is 1. The molecule has 0 saturated heterocycles. The Kier molecular flexibility index (Phi) is 5.80. The van der Waals surface area contributed by atoms with Gasteiger partial charge in [0.1, 0.15) is 5.75 Å². The fourth-order valence-corrected chi connectivity index (χ4v) is 7.19. The van der Waals surface area contributed by atoms with Crippen molar-refractivity contribution in [2.24, 2.45) is 13.0 Å². The largest absolute Gasteiger partial charge is 0.478 e. The second-order valence-electron chi connectivity index (χ2n) is 10.3. The first-order valence-corrected chi connectivity index (χ1v) is 14.4. The third-order valence-corrected chi connectivity index (χ3v) is 9.71. The zero-order valence-corrected chi connectivity index (χ0v) is 22.8. The molecule has 6 rings (SSSR count). The van der Waals surface area contributed by atoms with Crippen LogP contribution in [0.3, 0.4) is 0 Å². The number of pyridine rings is 1. The summed E-state index contributed by atoms with van der Waals surface area (Å²) in [4.78, 5) is 16.8. The van der Waals surface area contributed by atoms with Gasteiger partial charge in [0.15, 0.2) is 5.65 Å². The summed E-state index contributed by atoms with van der Waals surface area (Å²) >= 11 is 0. The highest BCUT2D eigenvalue weighted by molar-refractivity contribution is 7.90. The van der Waals surface area contributed by atoms with E-state index < -0.39 is 21.6 Å². The Balaban J connectivity index is 1.55. The summed E-state index contributed by atoms with van der Waals surface area (Å²) in [5.41, 5.74) is 2.06. The lowest BCUT2D eigenvalue weighted by molar-refractivity contribution is -0.173. The topological polar surface area (TPSA) is 103 Å². The third kappa shape index (κ3) is 3.83. The van der Waals surface area contributed by atoms with E-state index in [1.54, 1.807) is 42.6 Å². The molecule has 2 unspecified atom stereocenters. The van der Waals surface area contributed by atoms with E-state index in [0.717, 1.165) is 29.3 Å². The Hall–Kier alpha value is -4.11. The third-order valence-electron chi connectivity index (χ3n) is 7.99. The smallest absolute Gasteiger partial charge is 0.348 e. The fourth-order valence-electron chi connectivity index (χ4n) is 5.71. The van der Waals surface area contributed by atoms with Gasteiger partial charge in [-0.05, 0) is 74.7 Å². The van der Waals surface area contributed by atoms with Crippen LogP contribution in [-0.4, -0.2) is 38.6 Å². The van der Waals surface area contributed by atoms with Gasteiger partial charge < -0.3 is 14.4 Å². The zero-order valence-electron chi connectivity index (χ0n) is 22.0. The van der Waals surface area contributed by atoms with Gasteiger partial charge in [0, 0.05) is 47.2 Å². The van der Waals surface area contributed by atoms with Gasteiger partial charge in [-0.15, -0.1) is 0 Å². The van der Waals surface area contributed by atoms with Crippen molar-refractivity contribution in [1.29, 1.82) is 0 Å². The summed E-state index contributed by atoms with van der Waals surface area (Å²) in [6.45, 7) is 3.88. The molecule has 0 bridgehead atoms. The van der Waals surface area contributed by atoms with Crippen molar-refractivity contribution in [3.8, 4) is 17.0 Å². The van der Waals surface area contributed by atoms with E-state index in [1.807, 2.05) is 55.9 Å². The molecule has 1 aliphatic carbocycles. The summed E-state index contributed by atoms with van der Waals surface area (Å²) < 4.78 is 37.5. The van der Waals surface area contributed by atoms with E-state index in [0.29, 0.717) is 34.5 Å². The van der Waals surface area contributed by atoms with Crippen LogP contribution in [0.4, 0.5) is 0 Å². The van der Waals surface area contributed by atoms with Gasteiger partial charge in [-0.1, -0.05) is 24.6 Å². The first-order chi connectivity index (χ1) is 18.7. The number of rotatable bonds is 7. The number of benzene rings is 2. The number of aliphatic carboxylic acids is 1. The van der Waals surface area contributed by atoms with E-state index in [9.17, 15) is 18.3 Å². The second-order valence-corrected chi connectivity index (χ2v) is 12.1. The minimum Gasteiger partial charge on any atom is -0.478 e. The Morgan fingerprint density at radius 1 is 1.15 bits per heavy atom. The van der Waals surface area contributed by atoms with Gasteiger partial charge in [0.25, 0.3) is 10.0 Å². The van der Waals surface area contributed by atoms with Crippen LogP contribution in [0.2, 0.25) is 0 Å². The molecule has 3 aromatic heterocycles. The molecule has 3 heterocycles. The molecule has 0 radical (unpaired) electrons. The average molecular weight is 544 g/mol. The molecule has 200 valence electrons. The van der Waals surface area contributed by atoms with E-state index in [4.69, 9.17) is 4.74 Å². The van der Waals surface area contributed by atoms with Crippen molar-refractivity contribution in [2.45, 2.75) is 43.6 Å². The van der Waals surface area contributed by atoms with E-state index in [-0.39, 0.29) is 10.8 Å². The Morgan fingerprint density at radius 2 is 1.92 bits per heavy atom. The molecule has 1 aliphatic rings. The van der Waals surface area contributed by atoms with Crippen LogP contribution in [0.1, 0.15) is 31.7 Å². The Labute approximate surface area is 226 Å². The van der Waals surface area contributed by atoms with Crippen LogP contribution in [0, 0.1) is 12.8 Å². The highest BCUT2D eigenvalue weighted by atomic mass is 32.2. The second kappa shape index (κ2) is 8.98. The van der Waals surface area contributed by atoms with Crippen molar-refractivity contribution in [1.82, 2.24) is 13.5 Å². The molecule has 9 heteroatoms. The summed E-state index contributed by atoms with van der Waals surface area (Å²) in [7, 11) is -2.10. The fraction of sp³-hybridized carbons (Fsp3) is 0.267. The average Bonchev–Trinajstić information content (AvgIpc) is 3.45. The molecule has 0 amide bonds. The molecule has 2 aromatic carbocycles. The Morgan fingerprint density at radius 3 is 2.59 bits per heavy atom. The van der Waals surface area contributed by atoms with E-state index in [1.165, 1.54) is 3.97 Å². The predicted molar refractivity (Wildman–Crippen MR) is 149 cm³/mol. The quantitative estimate of drug-likeness (QED) is 0.280. The molecule has 8 nitrogen and oxygen atoms in total. The van der Waals surface area contributed by atoms with E-state index >= 15 is 0 Å². The van der Waals surface area contributed by atoms with Crippen LogP contribution in [-0.2, 0) is 21.9 Å². The Bertz CT molecular complexity index is 1850. The SMILES string of the molecule is CCC1CCC1(Oc1ccc2c(c1)c(-c1cc3cccnc3n1S(=O)(=O)c1ccc(C)cc1)cn2C)C(=O)O. The van der Waals surface area contributed by atoms with Crippen LogP contribution < -0.4 is 4.74 Å². The standard InChI is InChI=1S/C30H29N3O5S/c1-4-21-13-14-30(21,29(34)35)38-22-9-12-26-24(17-22)25(18-32(26)3)27-16-20-6-5-15-31-28(20)33(27)39(36,37)23-10-7-19(2)8-11-23/h5-12,15-18,21H,4,13-14H2,1-3H3,(H,34,35). The minimum absolute atomic E-state index is 0.0609. The van der Waals surface area contributed by atoms with Crippen molar-refractivity contribution in [3.05, 3.63) is 78.6 Å². The predicted octanol–water partition coefficient (Wildman–Crippen LogP) is 5.76. The van der Waals surface area contributed by atoms with Crippen LogP contribution >= 0.6 is 0 Å². The maximum atomic E-state index is 14.0. The number of hydrogen-bond acceptors (Lipinski definition) is 5. The summed E-state index contributed by atoms with van der Waals surface area (Å²) in [5.74, 6) is -0.573. The number of carboxylic acid groups (broad SMARTS) is 1. The summed E-state index contributed by atoms with van der Waals surface area (Å²) in [6.07, 6.45) is 5.45. The molecule has 0 spiro atoms. The van der Waals surface area contributed by atoms with E-state index in [2.05, 4.69) is 4.98 Å². The molecule has 39 heavy (non-hydrogen) atoms. The van der Waals surface area contributed by atoms with Gasteiger partial charge in [0.2, 0.25) is 5.60 Å². The lowest BCUT2D eigenvalue weighted by Crippen LogP contribution is -2.57. The molecule has 1 N–H and O–H groups in total. The van der Waals surface area contributed by atoms with Gasteiger partial charge in [-0.2, -0.15) is 0 Å². The molecular weight excluding hydrogens is 514 g/mol. The minimum atomic E-state index is -4.00. The highest BCUT2D eigenvalue weighted by Crippen LogP contribution is 2.45. The highest BCUT2D eigenvalue weighted by Gasteiger charge is 2.54. The number of ether oxygens (including phenoxy) is 1. The number of carbonyl (C=O) groups is 1. The van der Waals surface area contributed by atoms with Gasteiger partial charge in [-0.25, -0.2) is 22.2 Å². The summed E-state index contributed by atoms with van der Waals surface area (Å²) in [6, 6.07) is 17.7. The van der Waals surface area contributed by atoms with Crippen molar-refractivity contribution in [3.63, 3.8) is 0 Å². The normalized spacial score (nSPS) is 19.3. The monoisotopic (exact) mass is 543 g/mol. The molecule has 1 fully saturated rings. The van der Waals surface area contributed by atoms with Crippen LogP contribution in [0.5, 0.6) is 5.75 Å². The van der Waals surface area contributed by atoms with Crippen molar-refractivity contribution < 1.29 is 23.1 Å². The number of nitrogens with zero attached hydrogens (tertiary/aromatic N) is 3. The van der Waals surface area contributed by atoms with Crippen LogP contribution in [0.15, 0.2) is 78.0 Å². The number of aromatic nitrogens is 3. The molecule has 1 saturated carbocycles. The lowest BCUT2D eigenvalue weighted by Gasteiger charge is -2.45. The number of fused-ring (bicyclic) bond motifs is 2. The van der Waals surface area contributed by atoms with Gasteiger partial charge in [-0.3, -0.25) is 0 Å². The van der Waals surface area contributed by atoms with Crippen molar-refractivity contribution in [2.75, 3.05) is 0 Å². The van der Waals surface area contributed by atoms with Gasteiger partial charge in [0.05, 0.1) is 10.6 Å². The first kappa shape index (κ1) is 25.2. The number of hydrogen-bond donors (Lipinski definition) is 1. The zero-order chi connectivity index (χ0) is 27.5.